The Morgan fingerprint density at radius 3 is 2.82 bits per heavy atom. The summed E-state index contributed by atoms with van der Waals surface area (Å²) in [7, 11) is 0. The van der Waals surface area contributed by atoms with Crippen LogP contribution in [0, 0.1) is 11.3 Å². The lowest BCUT2D eigenvalue weighted by atomic mass is 10.3. The molecule has 86 valence electrons. The number of nitrogens with one attached hydrogen (secondary N) is 1. The zero-order valence-electron chi connectivity index (χ0n) is 8.77. The molecule has 2 N–H and O–H groups in total. The summed E-state index contributed by atoms with van der Waals surface area (Å²) in [6, 6.07) is 10.8. The Labute approximate surface area is 108 Å². The first-order valence-corrected chi connectivity index (χ1v) is 6.09. The molecule has 0 bridgehead atoms. The Hall–Kier alpha value is -1.70. The molecule has 0 unspecified atom stereocenters. The molecule has 0 amide bonds. The Morgan fingerprint density at radius 2 is 2.18 bits per heavy atom. The molecule has 3 nitrogen and oxygen atoms in total. The topological polar surface area (TPSA) is 56.0 Å². The molecular weight excluding hydrogens is 256 g/mol. The maximum atomic E-state index is 9.27. The predicted molar refractivity (Wildman–Crippen MR) is 69.5 cm³/mol. The number of hydrogen-bond donors (Lipinski definition) is 2. The van der Waals surface area contributed by atoms with Gasteiger partial charge in [-0.25, -0.2) is 0 Å². The van der Waals surface area contributed by atoms with E-state index in [0.717, 1.165) is 10.6 Å². The summed E-state index contributed by atoms with van der Waals surface area (Å²) in [5.74, 6) is 0.0695. The van der Waals surface area contributed by atoms with E-state index in [9.17, 15) is 5.11 Å². The summed E-state index contributed by atoms with van der Waals surface area (Å²) in [5.41, 5.74) is 0.833. The molecule has 0 radical (unpaired) electrons. The first-order chi connectivity index (χ1) is 8.19. The van der Waals surface area contributed by atoms with Gasteiger partial charge in [0.2, 0.25) is 0 Å². The second kappa shape index (κ2) is 5.09. The first kappa shape index (κ1) is 11.8. The minimum Gasteiger partial charge on any atom is -0.506 e. The molecule has 0 aliphatic heterocycles. The zero-order valence-corrected chi connectivity index (χ0v) is 10.3. The van der Waals surface area contributed by atoms with Gasteiger partial charge >= 0.3 is 0 Å². The number of anilines is 1. The van der Waals surface area contributed by atoms with Crippen LogP contribution in [0.3, 0.4) is 0 Å². The molecule has 0 saturated heterocycles. The lowest BCUT2D eigenvalue weighted by Crippen LogP contribution is -1.96. The van der Waals surface area contributed by atoms with Crippen LogP contribution >= 0.6 is 22.9 Å². The third kappa shape index (κ3) is 2.90. The van der Waals surface area contributed by atoms with Crippen molar-refractivity contribution in [3.05, 3.63) is 45.1 Å². The highest BCUT2D eigenvalue weighted by Crippen LogP contribution is 2.26. The molecule has 0 aliphatic carbocycles. The lowest BCUT2D eigenvalue weighted by molar-refractivity contribution is 0.475. The van der Waals surface area contributed by atoms with Crippen molar-refractivity contribution in [1.29, 1.82) is 5.26 Å². The van der Waals surface area contributed by atoms with Crippen LogP contribution in [-0.2, 0) is 6.54 Å². The summed E-state index contributed by atoms with van der Waals surface area (Å²) in [6.45, 7) is 0.632. The molecule has 0 fully saturated rings. The minimum atomic E-state index is 0.0695. The van der Waals surface area contributed by atoms with Gasteiger partial charge in [-0.1, -0.05) is 11.6 Å². The van der Waals surface area contributed by atoms with Crippen molar-refractivity contribution in [2.24, 2.45) is 0 Å². The van der Waals surface area contributed by atoms with Crippen LogP contribution in [-0.4, -0.2) is 5.11 Å². The number of phenolic OH excluding ortho intramolecular Hbond substituents is 1. The number of nitrogens with zero attached hydrogens (tertiary/aromatic N) is 1. The molecule has 2 rings (SSSR count). The SMILES string of the molecule is N#Cc1ccc(CNc2ccc(O)c(Cl)c2)s1. The van der Waals surface area contributed by atoms with Crippen molar-refractivity contribution in [2.75, 3.05) is 5.32 Å². The van der Waals surface area contributed by atoms with E-state index in [1.54, 1.807) is 24.3 Å². The fourth-order valence-electron chi connectivity index (χ4n) is 1.34. The molecule has 0 atom stereocenters. The maximum absolute atomic E-state index is 9.27. The van der Waals surface area contributed by atoms with Crippen molar-refractivity contribution < 1.29 is 5.11 Å². The van der Waals surface area contributed by atoms with Crippen molar-refractivity contribution >= 4 is 28.6 Å². The van der Waals surface area contributed by atoms with Crippen LogP contribution in [0.2, 0.25) is 5.02 Å². The zero-order chi connectivity index (χ0) is 12.3. The highest BCUT2D eigenvalue weighted by Gasteiger charge is 2.01. The van der Waals surface area contributed by atoms with Crippen LogP contribution in [0.1, 0.15) is 9.75 Å². The van der Waals surface area contributed by atoms with Gasteiger partial charge in [0.25, 0.3) is 0 Å². The fraction of sp³-hybridized carbons (Fsp3) is 0.0833. The number of thiophene rings is 1. The van der Waals surface area contributed by atoms with E-state index in [4.69, 9.17) is 16.9 Å². The number of benzene rings is 1. The van der Waals surface area contributed by atoms with Crippen LogP contribution in [0.4, 0.5) is 5.69 Å². The largest absolute Gasteiger partial charge is 0.506 e. The summed E-state index contributed by atoms with van der Waals surface area (Å²) in [4.78, 5) is 1.77. The molecular formula is C12H9ClN2OS. The summed E-state index contributed by atoms with van der Waals surface area (Å²) >= 11 is 7.25. The van der Waals surface area contributed by atoms with Gasteiger partial charge in [-0.15, -0.1) is 11.3 Å². The van der Waals surface area contributed by atoms with Gasteiger partial charge in [-0.2, -0.15) is 5.26 Å². The molecule has 1 heterocycles. The van der Waals surface area contributed by atoms with E-state index in [1.807, 2.05) is 6.07 Å². The van der Waals surface area contributed by atoms with E-state index in [1.165, 1.54) is 11.3 Å². The number of aromatic hydroxyl groups is 1. The predicted octanol–water partition coefficient (Wildman–Crippen LogP) is 3.59. The van der Waals surface area contributed by atoms with Crippen molar-refractivity contribution in [1.82, 2.24) is 0 Å². The number of halogens is 1. The van der Waals surface area contributed by atoms with E-state index in [0.29, 0.717) is 16.4 Å². The van der Waals surface area contributed by atoms with Gasteiger partial charge in [0.15, 0.2) is 0 Å². The molecule has 0 spiro atoms. The molecule has 17 heavy (non-hydrogen) atoms. The Balaban J connectivity index is 2.02. The average molecular weight is 265 g/mol. The molecule has 5 heteroatoms. The van der Waals surface area contributed by atoms with Gasteiger partial charge in [-0.05, 0) is 30.3 Å². The third-order valence-corrected chi connectivity index (χ3v) is 3.48. The Bertz CT molecular complexity index is 574. The lowest BCUT2D eigenvalue weighted by Gasteiger charge is -2.05. The van der Waals surface area contributed by atoms with E-state index in [2.05, 4.69) is 11.4 Å². The summed E-state index contributed by atoms with van der Waals surface area (Å²) in [6.07, 6.45) is 0. The summed E-state index contributed by atoms with van der Waals surface area (Å²) in [5, 5.41) is 21.5. The van der Waals surface area contributed by atoms with E-state index in [-0.39, 0.29) is 5.75 Å². The van der Waals surface area contributed by atoms with Crippen molar-refractivity contribution in [3.63, 3.8) is 0 Å². The quantitative estimate of drug-likeness (QED) is 0.833. The van der Waals surface area contributed by atoms with Gasteiger partial charge in [0, 0.05) is 17.1 Å². The number of nitriles is 1. The second-order valence-electron chi connectivity index (χ2n) is 3.40. The number of rotatable bonds is 3. The van der Waals surface area contributed by atoms with Crippen molar-refractivity contribution in [2.45, 2.75) is 6.54 Å². The highest BCUT2D eigenvalue weighted by atomic mass is 35.5. The van der Waals surface area contributed by atoms with E-state index < -0.39 is 0 Å². The number of hydrogen-bond acceptors (Lipinski definition) is 4. The standard InChI is InChI=1S/C12H9ClN2OS/c13-11-5-8(1-4-12(11)16)15-7-10-3-2-9(6-14)17-10/h1-5,15-16H,7H2. The van der Waals surface area contributed by atoms with Crippen LogP contribution in [0.25, 0.3) is 0 Å². The molecule has 1 aromatic carbocycles. The Morgan fingerprint density at radius 1 is 1.35 bits per heavy atom. The summed E-state index contributed by atoms with van der Waals surface area (Å²) < 4.78 is 0. The number of phenols is 1. The van der Waals surface area contributed by atoms with Gasteiger partial charge < -0.3 is 10.4 Å². The smallest absolute Gasteiger partial charge is 0.134 e. The fourth-order valence-corrected chi connectivity index (χ4v) is 2.26. The first-order valence-electron chi connectivity index (χ1n) is 4.90. The van der Waals surface area contributed by atoms with E-state index >= 15 is 0 Å². The minimum absolute atomic E-state index is 0.0695. The third-order valence-electron chi connectivity index (χ3n) is 2.19. The highest BCUT2D eigenvalue weighted by molar-refractivity contribution is 7.12. The van der Waals surface area contributed by atoms with Gasteiger partial charge in [-0.3, -0.25) is 0 Å². The van der Waals surface area contributed by atoms with Gasteiger partial charge in [0.05, 0.1) is 5.02 Å². The molecule has 0 aliphatic rings. The Kier molecular flexibility index (Phi) is 3.52. The average Bonchev–Trinajstić information content (AvgIpc) is 2.79. The molecule has 2 aromatic rings. The normalized spacial score (nSPS) is 9.88. The molecule has 1 aromatic heterocycles. The van der Waals surface area contributed by atoms with Crippen molar-refractivity contribution in [3.8, 4) is 11.8 Å². The molecule has 0 saturated carbocycles. The van der Waals surface area contributed by atoms with Gasteiger partial charge in [0.1, 0.15) is 16.7 Å². The maximum Gasteiger partial charge on any atom is 0.134 e. The second-order valence-corrected chi connectivity index (χ2v) is 4.97. The monoisotopic (exact) mass is 264 g/mol. The van der Waals surface area contributed by atoms with Crippen LogP contribution in [0.15, 0.2) is 30.3 Å². The van der Waals surface area contributed by atoms with Crippen LogP contribution in [0.5, 0.6) is 5.75 Å². The van der Waals surface area contributed by atoms with Crippen LogP contribution < -0.4 is 5.32 Å².